The number of rotatable bonds is 3. The van der Waals surface area contributed by atoms with Gasteiger partial charge in [-0.05, 0) is 0 Å². The van der Waals surface area contributed by atoms with Crippen molar-refractivity contribution < 1.29 is 19.3 Å². The van der Waals surface area contributed by atoms with E-state index in [9.17, 15) is 20.2 Å². The Bertz CT molecular complexity index is 283. The van der Waals surface area contributed by atoms with Crippen LogP contribution in [0.4, 0.5) is 0 Å². The van der Waals surface area contributed by atoms with Crippen LogP contribution in [0.5, 0.6) is 0 Å². The van der Waals surface area contributed by atoms with E-state index in [1.165, 1.54) is 13.8 Å². The standard InChI is InChI=1S/C7H12N2O6/c1-6(2,8(10)11)7(9(12)13)3-14-5-15-4-7/h3-5H2,1-2H3. The maximum absolute atomic E-state index is 11.0. The van der Waals surface area contributed by atoms with E-state index in [2.05, 4.69) is 0 Å². The van der Waals surface area contributed by atoms with Crippen LogP contribution < -0.4 is 0 Å². The Labute approximate surface area is 85.5 Å². The van der Waals surface area contributed by atoms with Crippen molar-refractivity contribution in [2.24, 2.45) is 0 Å². The Hall–Kier alpha value is -1.28. The molecule has 1 aliphatic rings. The molecular formula is C7H12N2O6. The lowest BCUT2D eigenvalue weighted by Gasteiger charge is -2.34. The molecule has 8 heteroatoms. The number of nitrogens with zero attached hydrogens (tertiary/aromatic N) is 2. The molecule has 0 spiro atoms. The van der Waals surface area contributed by atoms with Crippen molar-refractivity contribution >= 4 is 0 Å². The normalized spacial score (nSPS) is 20.9. The number of ether oxygens (including phenoxy) is 2. The summed E-state index contributed by atoms with van der Waals surface area (Å²) in [6, 6.07) is 0. The van der Waals surface area contributed by atoms with Gasteiger partial charge < -0.3 is 9.47 Å². The summed E-state index contributed by atoms with van der Waals surface area (Å²) in [5, 5.41) is 21.8. The van der Waals surface area contributed by atoms with Gasteiger partial charge in [0.05, 0.1) is 0 Å². The van der Waals surface area contributed by atoms with Gasteiger partial charge in [0.15, 0.2) is 0 Å². The van der Waals surface area contributed by atoms with Crippen molar-refractivity contribution in [2.75, 3.05) is 20.0 Å². The first kappa shape index (κ1) is 11.8. The fraction of sp³-hybridized carbons (Fsp3) is 1.00. The van der Waals surface area contributed by atoms with Crippen molar-refractivity contribution in [1.29, 1.82) is 0 Å². The predicted octanol–water partition coefficient (Wildman–Crippen LogP) is 0.0615. The lowest BCUT2D eigenvalue weighted by Crippen LogP contribution is -2.66. The average Bonchev–Trinajstić information content (AvgIpc) is 2.18. The molecule has 15 heavy (non-hydrogen) atoms. The highest BCUT2D eigenvalue weighted by atomic mass is 16.7. The summed E-state index contributed by atoms with van der Waals surface area (Å²) in [5.74, 6) is 0. The molecule has 0 radical (unpaired) electrons. The van der Waals surface area contributed by atoms with Gasteiger partial charge in [0.1, 0.15) is 20.0 Å². The van der Waals surface area contributed by atoms with E-state index in [0.29, 0.717) is 0 Å². The molecule has 0 amide bonds. The number of hydrogen-bond donors (Lipinski definition) is 0. The van der Waals surface area contributed by atoms with Crippen LogP contribution in [0.2, 0.25) is 0 Å². The summed E-state index contributed by atoms with van der Waals surface area (Å²) >= 11 is 0. The third kappa shape index (κ3) is 1.65. The van der Waals surface area contributed by atoms with Gasteiger partial charge in [0.25, 0.3) is 5.54 Å². The Morgan fingerprint density at radius 2 is 1.67 bits per heavy atom. The zero-order valence-corrected chi connectivity index (χ0v) is 8.47. The summed E-state index contributed by atoms with van der Waals surface area (Å²) in [6.07, 6.45) is 0. The van der Waals surface area contributed by atoms with E-state index in [4.69, 9.17) is 9.47 Å². The zero-order valence-electron chi connectivity index (χ0n) is 8.47. The molecule has 1 fully saturated rings. The molecule has 1 aliphatic heterocycles. The maximum atomic E-state index is 11.0. The Kier molecular flexibility index (Phi) is 2.91. The van der Waals surface area contributed by atoms with E-state index in [1.807, 2.05) is 0 Å². The van der Waals surface area contributed by atoms with E-state index in [1.54, 1.807) is 0 Å². The Balaban J connectivity index is 3.10. The maximum Gasteiger partial charge on any atom is 0.335 e. The third-order valence-corrected chi connectivity index (χ3v) is 2.79. The molecule has 86 valence electrons. The first-order valence-corrected chi connectivity index (χ1v) is 4.29. The van der Waals surface area contributed by atoms with Crippen molar-refractivity contribution in [1.82, 2.24) is 0 Å². The number of hydrogen-bond acceptors (Lipinski definition) is 6. The second kappa shape index (κ2) is 3.70. The van der Waals surface area contributed by atoms with Gasteiger partial charge in [-0.25, -0.2) is 0 Å². The van der Waals surface area contributed by atoms with Gasteiger partial charge in [0.2, 0.25) is 0 Å². The second-order valence-electron chi connectivity index (χ2n) is 3.92. The molecular weight excluding hydrogens is 208 g/mol. The monoisotopic (exact) mass is 220 g/mol. The van der Waals surface area contributed by atoms with Gasteiger partial charge in [-0.15, -0.1) is 0 Å². The van der Waals surface area contributed by atoms with Crippen molar-refractivity contribution in [2.45, 2.75) is 24.9 Å². The van der Waals surface area contributed by atoms with E-state index in [0.717, 1.165) is 0 Å². The summed E-state index contributed by atoms with van der Waals surface area (Å²) < 4.78 is 9.63. The van der Waals surface area contributed by atoms with Crippen LogP contribution in [0.15, 0.2) is 0 Å². The lowest BCUT2D eigenvalue weighted by molar-refractivity contribution is -0.689. The SMILES string of the molecule is CC(C)([N+](=O)[O-])C1([N+](=O)[O-])COCOC1. The fourth-order valence-corrected chi connectivity index (χ4v) is 1.37. The molecule has 1 rings (SSSR count). The molecule has 0 aliphatic carbocycles. The Morgan fingerprint density at radius 3 is 2.00 bits per heavy atom. The molecule has 0 aromatic rings. The van der Waals surface area contributed by atoms with Gasteiger partial charge in [-0.1, -0.05) is 0 Å². The molecule has 0 N–H and O–H groups in total. The highest BCUT2D eigenvalue weighted by molar-refractivity contribution is 4.96. The van der Waals surface area contributed by atoms with Gasteiger partial charge in [0, 0.05) is 23.7 Å². The molecule has 0 saturated carbocycles. The highest BCUT2D eigenvalue weighted by Crippen LogP contribution is 2.31. The summed E-state index contributed by atoms with van der Waals surface area (Å²) in [7, 11) is 0. The molecule has 0 bridgehead atoms. The smallest absolute Gasteiger partial charge is 0.335 e. The van der Waals surface area contributed by atoms with Crippen LogP contribution in [-0.4, -0.2) is 40.9 Å². The van der Waals surface area contributed by atoms with Crippen LogP contribution in [0.1, 0.15) is 13.8 Å². The van der Waals surface area contributed by atoms with Gasteiger partial charge >= 0.3 is 5.54 Å². The first-order valence-electron chi connectivity index (χ1n) is 4.29. The largest absolute Gasteiger partial charge is 0.348 e. The highest BCUT2D eigenvalue weighted by Gasteiger charge is 2.66. The minimum atomic E-state index is -1.82. The average molecular weight is 220 g/mol. The second-order valence-corrected chi connectivity index (χ2v) is 3.92. The molecule has 0 aromatic heterocycles. The quantitative estimate of drug-likeness (QED) is 0.492. The third-order valence-electron chi connectivity index (χ3n) is 2.79. The van der Waals surface area contributed by atoms with E-state index >= 15 is 0 Å². The Morgan fingerprint density at radius 1 is 1.20 bits per heavy atom. The van der Waals surface area contributed by atoms with E-state index in [-0.39, 0.29) is 20.0 Å². The summed E-state index contributed by atoms with van der Waals surface area (Å²) in [5.41, 5.74) is -3.56. The summed E-state index contributed by atoms with van der Waals surface area (Å²) in [6.45, 7) is 1.72. The predicted molar refractivity (Wildman–Crippen MR) is 47.6 cm³/mol. The van der Waals surface area contributed by atoms with E-state index < -0.39 is 20.9 Å². The summed E-state index contributed by atoms with van der Waals surface area (Å²) in [4.78, 5) is 20.4. The zero-order chi connectivity index (χ0) is 11.7. The number of nitro groups is 2. The molecule has 0 aromatic carbocycles. The van der Waals surface area contributed by atoms with Gasteiger partial charge in [-0.2, -0.15) is 0 Å². The van der Waals surface area contributed by atoms with Crippen LogP contribution in [0, 0.1) is 20.2 Å². The molecule has 0 atom stereocenters. The minimum Gasteiger partial charge on any atom is -0.348 e. The molecule has 1 saturated heterocycles. The first-order chi connectivity index (χ1) is 6.84. The molecule has 8 nitrogen and oxygen atoms in total. The minimum absolute atomic E-state index is 0.0661. The van der Waals surface area contributed by atoms with Crippen molar-refractivity contribution in [3.63, 3.8) is 0 Å². The van der Waals surface area contributed by atoms with Gasteiger partial charge in [-0.3, -0.25) is 20.2 Å². The van der Waals surface area contributed by atoms with Crippen molar-refractivity contribution in [3.05, 3.63) is 20.2 Å². The topological polar surface area (TPSA) is 105 Å². The molecule has 1 heterocycles. The fourth-order valence-electron chi connectivity index (χ4n) is 1.37. The molecule has 0 unspecified atom stereocenters. The van der Waals surface area contributed by atoms with Crippen LogP contribution >= 0.6 is 0 Å². The van der Waals surface area contributed by atoms with Crippen molar-refractivity contribution in [3.8, 4) is 0 Å². The lowest BCUT2D eigenvalue weighted by atomic mass is 9.81. The van der Waals surface area contributed by atoms with Crippen LogP contribution in [0.3, 0.4) is 0 Å². The van der Waals surface area contributed by atoms with Crippen LogP contribution in [-0.2, 0) is 9.47 Å². The van der Waals surface area contributed by atoms with Crippen LogP contribution in [0.25, 0.3) is 0 Å².